The van der Waals surface area contributed by atoms with E-state index in [1.54, 1.807) is 6.20 Å². The zero-order valence-corrected chi connectivity index (χ0v) is 13.5. The number of anilines is 2. The van der Waals surface area contributed by atoms with Gasteiger partial charge in [0.05, 0.1) is 24.8 Å². The highest BCUT2D eigenvalue weighted by Crippen LogP contribution is 2.30. The van der Waals surface area contributed by atoms with Crippen LogP contribution < -0.4 is 10.2 Å². The van der Waals surface area contributed by atoms with Crippen LogP contribution in [0.5, 0.6) is 0 Å². The summed E-state index contributed by atoms with van der Waals surface area (Å²) in [5.74, 6) is 0.675. The maximum atomic E-state index is 12.4. The van der Waals surface area contributed by atoms with Gasteiger partial charge in [0.2, 0.25) is 5.91 Å². The molecule has 2 aromatic rings. The lowest BCUT2D eigenvalue weighted by Gasteiger charge is -2.26. The van der Waals surface area contributed by atoms with E-state index in [-0.39, 0.29) is 12.0 Å². The molecule has 5 nitrogen and oxygen atoms in total. The Hall–Kier alpha value is -2.40. The second-order valence-electron chi connectivity index (χ2n) is 5.83. The lowest BCUT2D eigenvalue weighted by atomic mass is 9.95. The first-order valence-corrected chi connectivity index (χ1v) is 7.77. The molecule has 1 aromatic carbocycles. The van der Waals surface area contributed by atoms with Crippen molar-refractivity contribution in [2.45, 2.75) is 18.9 Å². The molecule has 3 rings (SSSR count). The minimum absolute atomic E-state index is 0.0668. The molecule has 0 bridgehead atoms. The lowest BCUT2D eigenvalue weighted by molar-refractivity contribution is -0.119. The summed E-state index contributed by atoms with van der Waals surface area (Å²) in [5, 5.41) is 2.95. The molecule has 1 unspecified atom stereocenters. The molecular weight excluding hydrogens is 290 g/mol. The van der Waals surface area contributed by atoms with Crippen LogP contribution in [0.25, 0.3) is 0 Å². The summed E-state index contributed by atoms with van der Waals surface area (Å²) in [6.45, 7) is 0.658. The minimum Gasteiger partial charge on any atom is -0.373 e. The van der Waals surface area contributed by atoms with Crippen molar-refractivity contribution in [1.29, 1.82) is 0 Å². The van der Waals surface area contributed by atoms with Crippen molar-refractivity contribution in [2.24, 2.45) is 0 Å². The predicted octanol–water partition coefficient (Wildman–Crippen LogP) is 2.79. The van der Waals surface area contributed by atoms with E-state index in [4.69, 9.17) is 4.74 Å². The van der Waals surface area contributed by atoms with E-state index in [1.165, 1.54) is 5.56 Å². The first-order chi connectivity index (χ1) is 11.1. The fourth-order valence-electron chi connectivity index (χ4n) is 2.87. The smallest absolute Gasteiger partial charge is 0.227 e. The largest absolute Gasteiger partial charge is 0.373 e. The molecule has 1 aliphatic rings. The number of carbonyl (C=O) groups excluding carboxylic acids is 1. The maximum Gasteiger partial charge on any atom is 0.227 e. The number of nitrogens with zero attached hydrogens (tertiary/aromatic N) is 2. The van der Waals surface area contributed by atoms with Crippen molar-refractivity contribution in [1.82, 2.24) is 4.98 Å². The molecule has 2 heterocycles. The number of pyridine rings is 1. The van der Waals surface area contributed by atoms with Crippen LogP contribution in [0.15, 0.2) is 42.6 Å². The first-order valence-electron chi connectivity index (χ1n) is 7.77. The van der Waals surface area contributed by atoms with Gasteiger partial charge in [0.15, 0.2) is 5.82 Å². The van der Waals surface area contributed by atoms with Crippen molar-refractivity contribution >= 4 is 17.4 Å². The van der Waals surface area contributed by atoms with E-state index < -0.39 is 0 Å². The summed E-state index contributed by atoms with van der Waals surface area (Å²) < 4.78 is 5.80. The Morgan fingerprint density at radius 1 is 1.30 bits per heavy atom. The van der Waals surface area contributed by atoms with Crippen LogP contribution in [-0.2, 0) is 16.0 Å². The number of fused-ring (bicyclic) bond motifs is 1. The van der Waals surface area contributed by atoms with Crippen LogP contribution in [0.4, 0.5) is 11.5 Å². The number of carbonyl (C=O) groups is 1. The number of aromatic nitrogens is 1. The first kappa shape index (κ1) is 15.5. The van der Waals surface area contributed by atoms with Crippen molar-refractivity contribution in [3.8, 4) is 0 Å². The third kappa shape index (κ3) is 3.51. The van der Waals surface area contributed by atoms with Crippen LogP contribution in [0.2, 0.25) is 0 Å². The van der Waals surface area contributed by atoms with Gasteiger partial charge in [-0.05, 0) is 29.7 Å². The van der Waals surface area contributed by atoms with Crippen molar-refractivity contribution < 1.29 is 9.53 Å². The van der Waals surface area contributed by atoms with Gasteiger partial charge in [-0.1, -0.05) is 24.3 Å². The zero-order chi connectivity index (χ0) is 16.2. The fourth-order valence-corrected chi connectivity index (χ4v) is 2.87. The number of nitrogens with one attached hydrogen (secondary N) is 1. The predicted molar refractivity (Wildman–Crippen MR) is 90.6 cm³/mol. The Morgan fingerprint density at radius 2 is 2.13 bits per heavy atom. The van der Waals surface area contributed by atoms with Gasteiger partial charge >= 0.3 is 0 Å². The molecule has 0 radical (unpaired) electrons. The number of amides is 1. The Bertz CT molecular complexity index is 700. The number of hydrogen-bond acceptors (Lipinski definition) is 4. The zero-order valence-electron chi connectivity index (χ0n) is 13.5. The van der Waals surface area contributed by atoms with Gasteiger partial charge in [0.25, 0.3) is 0 Å². The molecule has 0 saturated carbocycles. The molecule has 0 aliphatic carbocycles. The molecule has 0 saturated heterocycles. The summed E-state index contributed by atoms with van der Waals surface area (Å²) in [7, 11) is 3.80. The van der Waals surface area contributed by atoms with E-state index in [0.717, 1.165) is 17.8 Å². The number of hydrogen-bond donors (Lipinski definition) is 1. The molecule has 1 atom stereocenters. The molecule has 23 heavy (non-hydrogen) atoms. The summed E-state index contributed by atoms with van der Waals surface area (Å²) in [6.07, 6.45) is 2.74. The topological polar surface area (TPSA) is 54.5 Å². The monoisotopic (exact) mass is 311 g/mol. The Labute approximate surface area is 136 Å². The van der Waals surface area contributed by atoms with Gasteiger partial charge in [-0.25, -0.2) is 4.98 Å². The lowest BCUT2D eigenvalue weighted by Crippen LogP contribution is -2.23. The minimum atomic E-state index is -0.181. The van der Waals surface area contributed by atoms with Crippen LogP contribution in [0.3, 0.4) is 0 Å². The Balaban J connectivity index is 1.72. The normalized spacial score (nSPS) is 16.5. The molecule has 120 valence electrons. The third-order valence-electron chi connectivity index (χ3n) is 3.95. The molecule has 1 aliphatic heterocycles. The van der Waals surface area contributed by atoms with Crippen molar-refractivity contribution in [3.63, 3.8) is 0 Å². The maximum absolute atomic E-state index is 12.4. The Kier molecular flexibility index (Phi) is 4.57. The SMILES string of the molecule is CN(C)c1ncccc1NC(=O)CC1OCCc2ccccc21. The van der Waals surface area contributed by atoms with E-state index in [1.807, 2.05) is 49.3 Å². The van der Waals surface area contributed by atoms with Crippen LogP contribution >= 0.6 is 0 Å². The average molecular weight is 311 g/mol. The molecule has 1 aromatic heterocycles. The van der Waals surface area contributed by atoms with E-state index in [2.05, 4.69) is 16.4 Å². The third-order valence-corrected chi connectivity index (χ3v) is 3.95. The Morgan fingerprint density at radius 3 is 2.96 bits per heavy atom. The van der Waals surface area contributed by atoms with Gasteiger partial charge in [-0.3, -0.25) is 4.79 Å². The summed E-state index contributed by atoms with van der Waals surface area (Å²) in [4.78, 5) is 18.6. The van der Waals surface area contributed by atoms with Gasteiger partial charge < -0.3 is 15.0 Å². The molecule has 1 amide bonds. The summed E-state index contributed by atoms with van der Waals surface area (Å²) in [5.41, 5.74) is 3.10. The number of rotatable bonds is 4. The molecule has 5 heteroatoms. The highest BCUT2D eigenvalue weighted by molar-refractivity contribution is 5.93. The van der Waals surface area contributed by atoms with Crippen molar-refractivity contribution in [3.05, 3.63) is 53.7 Å². The average Bonchev–Trinajstić information content (AvgIpc) is 2.55. The van der Waals surface area contributed by atoms with Gasteiger partial charge in [0, 0.05) is 20.3 Å². The molecule has 0 fully saturated rings. The molecular formula is C18H21N3O2. The van der Waals surface area contributed by atoms with Gasteiger partial charge in [-0.2, -0.15) is 0 Å². The summed E-state index contributed by atoms with van der Waals surface area (Å²) >= 11 is 0. The van der Waals surface area contributed by atoms with Crippen LogP contribution in [0, 0.1) is 0 Å². The highest BCUT2D eigenvalue weighted by atomic mass is 16.5. The van der Waals surface area contributed by atoms with Crippen LogP contribution in [0.1, 0.15) is 23.7 Å². The standard InChI is InChI=1S/C18H21N3O2/c1-21(2)18-15(8-5-10-19-18)20-17(22)12-16-14-7-4-3-6-13(14)9-11-23-16/h3-8,10,16H,9,11-12H2,1-2H3,(H,20,22). The molecule has 0 spiro atoms. The molecule has 1 N–H and O–H groups in total. The second kappa shape index (κ2) is 6.79. The van der Waals surface area contributed by atoms with Gasteiger partial charge in [-0.15, -0.1) is 0 Å². The van der Waals surface area contributed by atoms with E-state index in [0.29, 0.717) is 18.7 Å². The van der Waals surface area contributed by atoms with Crippen LogP contribution in [-0.4, -0.2) is 31.6 Å². The summed E-state index contributed by atoms with van der Waals surface area (Å²) in [6, 6.07) is 11.8. The second-order valence-corrected chi connectivity index (χ2v) is 5.83. The number of ether oxygens (including phenoxy) is 1. The van der Waals surface area contributed by atoms with E-state index in [9.17, 15) is 4.79 Å². The fraction of sp³-hybridized carbons (Fsp3) is 0.333. The highest BCUT2D eigenvalue weighted by Gasteiger charge is 2.23. The number of benzene rings is 1. The van der Waals surface area contributed by atoms with Crippen molar-refractivity contribution in [2.75, 3.05) is 30.9 Å². The van der Waals surface area contributed by atoms with E-state index >= 15 is 0 Å². The van der Waals surface area contributed by atoms with Gasteiger partial charge in [0.1, 0.15) is 0 Å². The quantitative estimate of drug-likeness (QED) is 0.943.